The highest BCUT2D eigenvalue weighted by Crippen LogP contribution is 2.21. The van der Waals surface area contributed by atoms with Crippen LogP contribution in [0.3, 0.4) is 0 Å². The summed E-state index contributed by atoms with van der Waals surface area (Å²) in [5, 5.41) is 2.86. The summed E-state index contributed by atoms with van der Waals surface area (Å²) >= 11 is 0. The van der Waals surface area contributed by atoms with Gasteiger partial charge in [-0.2, -0.15) is 0 Å². The van der Waals surface area contributed by atoms with Crippen molar-refractivity contribution in [1.29, 1.82) is 0 Å². The first-order valence-corrected chi connectivity index (χ1v) is 13.2. The second-order valence-corrected chi connectivity index (χ2v) is 10.6. The Morgan fingerprint density at radius 1 is 0.939 bits per heavy atom. The smallest absolute Gasteiger partial charge is 0.251 e. The first-order chi connectivity index (χ1) is 15.9. The molecule has 176 valence electrons. The van der Waals surface area contributed by atoms with E-state index in [0.717, 1.165) is 44.1 Å². The van der Waals surface area contributed by atoms with Crippen LogP contribution in [0.15, 0.2) is 59.5 Å². The Hall–Kier alpha value is -2.71. The average molecular weight is 470 g/mol. The Balaban J connectivity index is 1.51. The first-order valence-electron chi connectivity index (χ1n) is 11.7. The minimum Gasteiger partial charge on any atom is -0.341 e. The highest BCUT2D eigenvalue weighted by molar-refractivity contribution is 7.89. The van der Waals surface area contributed by atoms with Crippen LogP contribution in [0, 0.1) is 0 Å². The van der Waals surface area contributed by atoms with Crippen LogP contribution in [0.5, 0.6) is 0 Å². The predicted octanol–water partition coefficient (Wildman–Crippen LogP) is 2.87. The molecule has 7 nitrogen and oxygen atoms in total. The summed E-state index contributed by atoms with van der Waals surface area (Å²) < 4.78 is 28.4. The van der Waals surface area contributed by atoms with E-state index in [-0.39, 0.29) is 22.4 Å². The lowest BCUT2D eigenvalue weighted by Gasteiger charge is -2.24. The number of likely N-dealkylation sites (tertiary alicyclic amines) is 1. The van der Waals surface area contributed by atoms with Gasteiger partial charge < -0.3 is 10.2 Å². The molecule has 2 aliphatic rings. The van der Waals surface area contributed by atoms with Gasteiger partial charge >= 0.3 is 0 Å². The Kier molecular flexibility index (Phi) is 7.45. The van der Waals surface area contributed by atoms with Gasteiger partial charge in [0.25, 0.3) is 5.91 Å². The molecule has 0 spiro atoms. The molecule has 2 aromatic rings. The Morgan fingerprint density at radius 2 is 1.64 bits per heavy atom. The molecule has 1 heterocycles. The van der Waals surface area contributed by atoms with Crippen LogP contribution in [-0.4, -0.2) is 50.3 Å². The number of nitrogens with one attached hydrogen (secondary N) is 2. The van der Waals surface area contributed by atoms with E-state index >= 15 is 0 Å². The molecule has 1 aliphatic heterocycles. The number of sulfonamides is 1. The lowest BCUT2D eigenvalue weighted by Crippen LogP contribution is -2.49. The van der Waals surface area contributed by atoms with E-state index in [1.54, 1.807) is 17.0 Å². The molecule has 1 saturated carbocycles. The fourth-order valence-electron chi connectivity index (χ4n) is 4.58. The SMILES string of the molecule is O=C(NC(Cc1ccccc1)C(=O)N1CCCC1)c1cccc(S(=O)(=O)NC2CCCC2)c1. The van der Waals surface area contributed by atoms with Crippen molar-refractivity contribution in [3.63, 3.8) is 0 Å². The zero-order valence-electron chi connectivity index (χ0n) is 18.7. The lowest BCUT2D eigenvalue weighted by atomic mass is 10.0. The van der Waals surface area contributed by atoms with Crippen molar-refractivity contribution in [2.24, 2.45) is 0 Å². The third-order valence-corrected chi connectivity index (χ3v) is 7.91. The van der Waals surface area contributed by atoms with Crippen molar-refractivity contribution in [3.8, 4) is 0 Å². The normalized spacial score (nSPS) is 17.8. The van der Waals surface area contributed by atoms with Gasteiger partial charge in [-0.05, 0) is 49.4 Å². The molecule has 1 unspecified atom stereocenters. The summed E-state index contributed by atoms with van der Waals surface area (Å²) in [5.74, 6) is -0.558. The fraction of sp³-hybridized carbons (Fsp3) is 0.440. The van der Waals surface area contributed by atoms with Crippen molar-refractivity contribution in [1.82, 2.24) is 14.9 Å². The maximum absolute atomic E-state index is 13.1. The molecule has 0 radical (unpaired) electrons. The topological polar surface area (TPSA) is 95.6 Å². The van der Waals surface area contributed by atoms with Crippen LogP contribution < -0.4 is 10.0 Å². The van der Waals surface area contributed by atoms with Crippen molar-refractivity contribution in [2.75, 3.05) is 13.1 Å². The number of carbonyl (C=O) groups is 2. The number of hydrogen-bond acceptors (Lipinski definition) is 4. The summed E-state index contributed by atoms with van der Waals surface area (Å²) in [6, 6.07) is 14.8. The molecule has 2 N–H and O–H groups in total. The van der Waals surface area contributed by atoms with E-state index in [2.05, 4.69) is 10.0 Å². The maximum Gasteiger partial charge on any atom is 0.251 e. The van der Waals surface area contributed by atoms with E-state index in [0.29, 0.717) is 19.5 Å². The maximum atomic E-state index is 13.1. The van der Waals surface area contributed by atoms with Crippen molar-refractivity contribution >= 4 is 21.8 Å². The molecular weight excluding hydrogens is 438 g/mol. The first kappa shape index (κ1) is 23.4. The fourth-order valence-corrected chi connectivity index (χ4v) is 5.94. The summed E-state index contributed by atoms with van der Waals surface area (Å²) in [6.07, 6.45) is 6.01. The molecule has 2 fully saturated rings. The van der Waals surface area contributed by atoms with E-state index in [9.17, 15) is 18.0 Å². The standard InChI is InChI=1S/C25H31N3O4S/c29-24(20-11-8-14-22(18-20)33(31,32)27-21-12-4-5-13-21)26-23(17-19-9-2-1-3-10-19)25(30)28-15-6-7-16-28/h1-3,8-11,14,18,21,23,27H,4-7,12-13,15-17H2,(H,26,29). The third-order valence-electron chi connectivity index (χ3n) is 6.39. The van der Waals surface area contributed by atoms with Crippen LogP contribution in [-0.2, 0) is 21.2 Å². The van der Waals surface area contributed by atoms with Crippen LogP contribution in [0.25, 0.3) is 0 Å². The van der Waals surface area contributed by atoms with Gasteiger partial charge in [-0.3, -0.25) is 9.59 Å². The molecule has 2 aromatic carbocycles. The highest BCUT2D eigenvalue weighted by Gasteiger charge is 2.29. The summed E-state index contributed by atoms with van der Waals surface area (Å²) in [5.41, 5.74) is 1.17. The zero-order valence-corrected chi connectivity index (χ0v) is 19.5. The van der Waals surface area contributed by atoms with Crippen molar-refractivity contribution in [3.05, 3.63) is 65.7 Å². The molecule has 0 bridgehead atoms. The second kappa shape index (κ2) is 10.5. The monoisotopic (exact) mass is 469 g/mol. The lowest BCUT2D eigenvalue weighted by molar-refractivity contribution is -0.132. The van der Waals surface area contributed by atoms with Crippen molar-refractivity contribution < 1.29 is 18.0 Å². The number of amides is 2. The summed E-state index contributed by atoms with van der Waals surface area (Å²) in [7, 11) is -3.71. The van der Waals surface area contributed by atoms with Gasteiger partial charge in [0.05, 0.1) is 4.90 Å². The molecular formula is C25H31N3O4S. The van der Waals surface area contributed by atoms with Crippen molar-refractivity contribution in [2.45, 2.75) is 61.9 Å². The molecule has 1 atom stereocenters. The molecule has 2 amide bonds. The van der Waals surface area contributed by atoms with E-state index in [1.165, 1.54) is 12.1 Å². The van der Waals surface area contributed by atoms with Gasteiger partial charge in [0.2, 0.25) is 15.9 Å². The largest absolute Gasteiger partial charge is 0.341 e. The predicted molar refractivity (Wildman–Crippen MR) is 126 cm³/mol. The molecule has 1 saturated heterocycles. The summed E-state index contributed by atoms with van der Waals surface area (Å²) in [4.78, 5) is 28.1. The van der Waals surface area contributed by atoms with Gasteiger partial charge in [0.15, 0.2) is 0 Å². The van der Waals surface area contributed by atoms with Gasteiger partial charge in [0, 0.05) is 31.1 Å². The van der Waals surface area contributed by atoms with Crippen LogP contribution in [0.1, 0.15) is 54.4 Å². The molecule has 0 aromatic heterocycles. The molecule has 33 heavy (non-hydrogen) atoms. The Bertz CT molecular complexity index is 1080. The summed E-state index contributed by atoms with van der Waals surface area (Å²) in [6.45, 7) is 1.39. The number of carbonyl (C=O) groups excluding carboxylic acids is 2. The van der Waals surface area contributed by atoms with Crippen LogP contribution >= 0.6 is 0 Å². The van der Waals surface area contributed by atoms with Gasteiger partial charge in [-0.25, -0.2) is 13.1 Å². The zero-order chi connectivity index (χ0) is 23.3. The quantitative estimate of drug-likeness (QED) is 0.621. The van der Waals surface area contributed by atoms with Crippen LogP contribution in [0.2, 0.25) is 0 Å². The van der Waals surface area contributed by atoms with E-state index < -0.39 is 22.0 Å². The average Bonchev–Trinajstić information content (AvgIpc) is 3.53. The highest BCUT2D eigenvalue weighted by atomic mass is 32.2. The van der Waals surface area contributed by atoms with Crippen LogP contribution in [0.4, 0.5) is 0 Å². The third kappa shape index (κ3) is 6.00. The minimum atomic E-state index is -3.71. The Labute approximate surface area is 195 Å². The van der Waals surface area contributed by atoms with Gasteiger partial charge in [-0.1, -0.05) is 49.2 Å². The second-order valence-electron chi connectivity index (χ2n) is 8.88. The molecule has 1 aliphatic carbocycles. The molecule has 4 rings (SSSR count). The Morgan fingerprint density at radius 3 is 2.33 bits per heavy atom. The molecule has 8 heteroatoms. The van der Waals surface area contributed by atoms with Gasteiger partial charge in [-0.15, -0.1) is 0 Å². The number of benzene rings is 2. The van der Waals surface area contributed by atoms with E-state index in [4.69, 9.17) is 0 Å². The number of rotatable bonds is 8. The number of hydrogen-bond donors (Lipinski definition) is 2. The van der Waals surface area contributed by atoms with Gasteiger partial charge in [0.1, 0.15) is 6.04 Å². The number of nitrogens with zero attached hydrogens (tertiary/aromatic N) is 1. The minimum absolute atomic E-state index is 0.0548. The van der Waals surface area contributed by atoms with E-state index in [1.807, 2.05) is 30.3 Å².